The van der Waals surface area contributed by atoms with Gasteiger partial charge in [-0.05, 0) is 54.3 Å². The van der Waals surface area contributed by atoms with Crippen molar-refractivity contribution in [2.75, 3.05) is 0 Å². The number of carbonyl (C=O) groups is 1. The summed E-state index contributed by atoms with van der Waals surface area (Å²) in [5.74, 6) is -0.0259. The predicted octanol–water partition coefficient (Wildman–Crippen LogP) is 5.51. The van der Waals surface area contributed by atoms with Crippen LogP contribution in [0.2, 0.25) is 0 Å². The van der Waals surface area contributed by atoms with Crippen LogP contribution >= 0.6 is 0 Å². The molecule has 1 atom stereocenters. The largest absolute Gasteiger partial charge is 0.346 e. The number of amides is 1. The first-order chi connectivity index (χ1) is 12.1. The van der Waals surface area contributed by atoms with Gasteiger partial charge in [-0.1, -0.05) is 66.7 Å². The van der Waals surface area contributed by atoms with Gasteiger partial charge in [-0.2, -0.15) is 0 Å². The normalized spacial score (nSPS) is 13.2. The lowest BCUT2D eigenvalue weighted by atomic mass is 10.0. The maximum Gasteiger partial charge on any atom is 0.247 e. The second-order valence-electron chi connectivity index (χ2n) is 6.42. The van der Waals surface area contributed by atoms with Gasteiger partial charge in [0, 0.05) is 5.57 Å². The lowest BCUT2D eigenvalue weighted by molar-refractivity contribution is -0.118. The minimum Gasteiger partial charge on any atom is -0.346 e. The Kier molecular flexibility index (Phi) is 4.99. The average Bonchev–Trinajstić information content (AvgIpc) is 2.67. The van der Waals surface area contributed by atoms with Crippen molar-refractivity contribution >= 4 is 22.3 Å². The molecule has 0 saturated carbocycles. The van der Waals surface area contributed by atoms with Gasteiger partial charge in [0.05, 0.1) is 6.04 Å². The van der Waals surface area contributed by atoms with Gasteiger partial charge in [-0.15, -0.1) is 0 Å². The zero-order chi connectivity index (χ0) is 17.8. The number of fused-ring (bicyclic) bond motifs is 1. The summed E-state index contributed by atoms with van der Waals surface area (Å²) in [6, 6.07) is 24.5. The van der Waals surface area contributed by atoms with Crippen molar-refractivity contribution in [3.63, 3.8) is 0 Å². The Morgan fingerprint density at radius 2 is 1.48 bits per heavy atom. The van der Waals surface area contributed by atoms with Crippen molar-refractivity contribution in [1.82, 2.24) is 5.32 Å². The van der Waals surface area contributed by atoms with Gasteiger partial charge in [0.1, 0.15) is 0 Å². The minimum atomic E-state index is -0.0457. The first-order valence-electron chi connectivity index (χ1n) is 8.58. The summed E-state index contributed by atoms with van der Waals surface area (Å²) < 4.78 is 0. The van der Waals surface area contributed by atoms with Crippen LogP contribution in [0, 0.1) is 0 Å². The Labute approximate surface area is 149 Å². The Balaban J connectivity index is 1.79. The highest BCUT2D eigenvalue weighted by Gasteiger charge is 2.13. The molecule has 0 bridgehead atoms. The summed E-state index contributed by atoms with van der Waals surface area (Å²) in [6.45, 7) is 5.89. The average molecular weight is 329 g/mol. The Morgan fingerprint density at radius 3 is 2.20 bits per heavy atom. The smallest absolute Gasteiger partial charge is 0.247 e. The SMILES string of the molecule is C/C(C(=O)NC(C)c1ccc2ccccc2c1)=C(\C)c1ccccc1. The van der Waals surface area contributed by atoms with E-state index in [1.165, 1.54) is 10.8 Å². The molecule has 0 fully saturated rings. The quantitative estimate of drug-likeness (QED) is 0.628. The summed E-state index contributed by atoms with van der Waals surface area (Å²) in [6.07, 6.45) is 0. The van der Waals surface area contributed by atoms with E-state index in [0.717, 1.165) is 22.3 Å². The van der Waals surface area contributed by atoms with Crippen LogP contribution in [-0.2, 0) is 4.79 Å². The highest BCUT2D eigenvalue weighted by Crippen LogP contribution is 2.22. The number of rotatable bonds is 4. The molecule has 0 aliphatic rings. The van der Waals surface area contributed by atoms with E-state index in [1.54, 1.807) is 0 Å². The van der Waals surface area contributed by atoms with Crippen molar-refractivity contribution in [1.29, 1.82) is 0 Å². The van der Waals surface area contributed by atoms with Crippen LogP contribution < -0.4 is 5.32 Å². The molecule has 3 rings (SSSR count). The van der Waals surface area contributed by atoms with E-state index in [0.29, 0.717) is 0 Å². The van der Waals surface area contributed by atoms with E-state index < -0.39 is 0 Å². The summed E-state index contributed by atoms with van der Waals surface area (Å²) in [5.41, 5.74) is 3.94. The highest BCUT2D eigenvalue weighted by atomic mass is 16.1. The number of hydrogen-bond acceptors (Lipinski definition) is 1. The first kappa shape index (κ1) is 17.0. The van der Waals surface area contributed by atoms with Crippen LogP contribution in [0.1, 0.15) is 37.9 Å². The molecular weight excluding hydrogens is 306 g/mol. The molecule has 2 nitrogen and oxygen atoms in total. The van der Waals surface area contributed by atoms with E-state index in [4.69, 9.17) is 0 Å². The summed E-state index contributed by atoms with van der Waals surface area (Å²) in [5, 5.41) is 5.51. The molecular formula is C23H23NO. The number of allylic oxidation sites excluding steroid dienone is 1. The monoisotopic (exact) mass is 329 g/mol. The number of benzene rings is 3. The molecule has 3 aromatic rings. The Bertz CT molecular complexity index is 925. The van der Waals surface area contributed by atoms with Crippen LogP contribution in [0.3, 0.4) is 0 Å². The van der Waals surface area contributed by atoms with Crippen LogP contribution in [-0.4, -0.2) is 5.91 Å². The lowest BCUT2D eigenvalue weighted by Crippen LogP contribution is -2.27. The van der Waals surface area contributed by atoms with Gasteiger partial charge in [-0.3, -0.25) is 4.79 Å². The zero-order valence-electron chi connectivity index (χ0n) is 14.9. The molecule has 0 aliphatic heterocycles. The highest BCUT2D eigenvalue weighted by molar-refractivity contribution is 6.00. The van der Waals surface area contributed by atoms with Crippen molar-refractivity contribution in [3.8, 4) is 0 Å². The third-order valence-electron chi connectivity index (χ3n) is 4.73. The number of carbonyl (C=O) groups excluding carboxylic acids is 1. The van der Waals surface area contributed by atoms with E-state index in [-0.39, 0.29) is 11.9 Å². The zero-order valence-corrected chi connectivity index (χ0v) is 14.9. The predicted molar refractivity (Wildman–Crippen MR) is 105 cm³/mol. The fourth-order valence-electron chi connectivity index (χ4n) is 2.94. The second kappa shape index (κ2) is 7.35. The van der Waals surface area contributed by atoms with Gasteiger partial charge >= 0.3 is 0 Å². The Hall–Kier alpha value is -2.87. The summed E-state index contributed by atoms with van der Waals surface area (Å²) in [4.78, 5) is 12.6. The van der Waals surface area contributed by atoms with Crippen molar-refractivity contribution in [3.05, 3.63) is 89.5 Å². The van der Waals surface area contributed by atoms with E-state index in [2.05, 4.69) is 35.6 Å². The third-order valence-corrected chi connectivity index (χ3v) is 4.73. The molecule has 0 aromatic heterocycles. The van der Waals surface area contributed by atoms with Crippen LogP contribution in [0.25, 0.3) is 16.3 Å². The van der Waals surface area contributed by atoms with Gasteiger partial charge in [0.25, 0.3) is 0 Å². The van der Waals surface area contributed by atoms with E-state index in [1.807, 2.05) is 63.2 Å². The first-order valence-corrected chi connectivity index (χ1v) is 8.58. The third kappa shape index (κ3) is 3.80. The molecule has 126 valence electrons. The topological polar surface area (TPSA) is 29.1 Å². The molecule has 0 spiro atoms. The molecule has 3 aromatic carbocycles. The molecule has 2 heteroatoms. The molecule has 1 N–H and O–H groups in total. The summed E-state index contributed by atoms with van der Waals surface area (Å²) >= 11 is 0. The second-order valence-corrected chi connectivity index (χ2v) is 6.42. The maximum atomic E-state index is 12.6. The minimum absolute atomic E-state index is 0.0259. The molecule has 25 heavy (non-hydrogen) atoms. The van der Waals surface area contributed by atoms with Gasteiger partial charge in [0.15, 0.2) is 0 Å². The molecule has 1 amide bonds. The molecule has 1 unspecified atom stereocenters. The van der Waals surface area contributed by atoms with Gasteiger partial charge in [0.2, 0.25) is 5.91 Å². The molecule has 0 aliphatic carbocycles. The summed E-state index contributed by atoms with van der Waals surface area (Å²) in [7, 11) is 0. The Morgan fingerprint density at radius 1 is 0.840 bits per heavy atom. The molecule has 0 radical (unpaired) electrons. The van der Waals surface area contributed by atoms with Crippen LogP contribution in [0.15, 0.2) is 78.4 Å². The van der Waals surface area contributed by atoms with Crippen LogP contribution in [0.5, 0.6) is 0 Å². The standard InChI is InChI=1S/C23H23NO/c1-16(19-9-5-4-6-10-19)17(2)23(25)24-18(3)21-14-13-20-11-7-8-12-22(20)15-21/h4-15,18H,1-3H3,(H,24,25)/b17-16-. The van der Waals surface area contributed by atoms with Crippen LogP contribution in [0.4, 0.5) is 0 Å². The van der Waals surface area contributed by atoms with Gasteiger partial charge < -0.3 is 5.32 Å². The van der Waals surface area contributed by atoms with Gasteiger partial charge in [-0.25, -0.2) is 0 Å². The van der Waals surface area contributed by atoms with E-state index >= 15 is 0 Å². The number of nitrogens with one attached hydrogen (secondary N) is 1. The van der Waals surface area contributed by atoms with E-state index in [9.17, 15) is 4.79 Å². The van der Waals surface area contributed by atoms with Crippen molar-refractivity contribution in [2.24, 2.45) is 0 Å². The molecule has 0 saturated heterocycles. The fourth-order valence-corrected chi connectivity index (χ4v) is 2.94. The maximum absolute atomic E-state index is 12.6. The van der Waals surface area contributed by atoms with Crippen molar-refractivity contribution < 1.29 is 4.79 Å². The fraction of sp³-hybridized carbons (Fsp3) is 0.174. The van der Waals surface area contributed by atoms with Crippen molar-refractivity contribution in [2.45, 2.75) is 26.8 Å². The lowest BCUT2D eigenvalue weighted by Gasteiger charge is -2.16. The molecule has 0 heterocycles. The number of hydrogen-bond donors (Lipinski definition) is 1.